The Bertz CT molecular complexity index is 849. The molecule has 1 aromatic carbocycles. The fourth-order valence-corrected chi connectivity index (χ4v) is 2.96. The van der Waals surface area contributed by atoms with Gasteiger partial charge in [0.05, 0.1) is 12.2 Å². The first kappa shape index (κ1) is 16.9. The van der Waals surface area contributed by atoms with Crippen molar-refractivity contribution in [2.45, 2.75) is 33.7 Å². The van der Waals surface area contributed by atoms with Gasteiger partial charge >= 0.3 is 0 Å². The highest BCUT2D eigenvalue weighted by Crippen LogP contribution is 2.13. The number of aryl methyl sites for hydroxylation is 1. The number of carbonyl (C=O) groups is 1. The van der Waals surface area contributed by atoms with Gasteiger partial charge in [0.25, 0.3) is 5.91 Å². The molecule has 0 saturated heterocycles. The fraction of sp³-hybridized carbons (Fsp3) is 0.333. The maximum atomic E-state index is 12.3. The van der Waals surface area contributed by atoms with E-state index in [9.17, 15) is 4.79 Å². The smallest absolute Gasteiger partial charge is 0.251 e. The molecule has 0 unspecified atom stereocenters. The van der Waals surface area contributed by atoms with Crippen LogP contribution >= 0.6 is 0 Å². The molecular weight excluding hydrogens is 316 g/mol. The van der Waals surface area contributed by atoms with Gasteiger partial charge in [0, 0.05) is 23.5 Å². The highest BCUT2D eigenvalue weighted by atomic mass is 16.1. The van der Waals surface area contributed by atoms with Crippen LogP contribution in [0.1, 0.15) is 34.2 Å². The molecule has 0 spiro atoms. The van der Waals surface area contributed by atoms with Crippen molar-refractivity contribution in [3.05, 3.63) is 59.4 Å². The molecule has 0 aliphatic heterocycles. The summed E-state index contributed by atoms with van der Waals surface area (Å²) >= 11 is 0. The van der Waals surface area contributed by atoms with Crippen LogP contribution in [0.5, 0.6) is 0 Å². The summed E-state index contributed by atoms with van der Waals surface area (Å²) in [5, 5.41) is 15.0. The van der Waals surface area contributed by atoms with E-state index in [2.05, 4.69) is 34.5 Å². The van der Waals surface area contributed by atoms with Crippen LogP contribution in [0, 0.1) is 13.8 Å². The summed E-state index contributed by atoms with van der Waals surface area (Å²) in [6.07, 6.45) is 4.21. The minimum atomic E-state index is -0.0902. The van der Waals surface area contributed by atoms with Crippen molar-refractivity contribution in [1.29, 1.82) is 0 Å². The Labute approximate surface area is 146 Å². The third-order valence-electron chi connectivity index (χ3n) is 4.34. The van der Waals surface area contributed by atoms with Gasteiger partial charge in [-0.3, -0.25) is 14.0 Å². The molecule has 0 fully saturated rings. The minimum absolute atomic E-state index is 0.0902. The topological polar surface area (TPSA) is 77.6 Å². The van der Waals surface area contributed by atoms with Crippen LogP contribution in [0.2, 0.25) is 0 Å². The number of hydrogen-bond donors (Lipinski definition) is 1. The number of rotatable bonds is 6. The standard InChI is InChI=1S/C18H22N6O/c1-4-17-13(2)22-24(14(17)3)10-9-19-18(25)15-5-7-16(8-6-15)23-11-20-21-12-23/h5-8,11-12H,4,9-10H2,1-3H3,(H,19,25). The lowest BCUT2D eigenvalue weighted by Gasteiger charge is -2.08. The highest BCUT2D eigenvalue weighted by Gasteiger charge is 2.10. The van der Waals surface area contributed by atoms with Gasteiger partial charge in [-0.1, -0.05) is 6.92 Å². The summed E-state index contributed by atoms with van der Waals surface area (Å²) < 4.78 is 3.75. The van der Waals surface area contributed by atoms with Crippen LogP contribution in [0.15, 0.2) is 36.9 Å². The molecule has 130 valence electrons. The molecule has 3 aromatic rings. The zero-order chi connectivity index (χ0) is 17.8. The van der Waals surface area contributed by atoms with Crippen LogP contribution in [0.4, 0.5) is 0 Å². The predicted molar refractivity (Wildman–Crippen MR) is 94.8 cm³/mol. The maximum Gasteiger partial charge on any atom is 0.251 e. The largest absolute Gasteiger partial charge is 0.350 e. The van der Waals surface area contributed by atoms with Crippen molar-refractivity contribution in [2.75, 3.05) is 6.54 Å². The first-order chi connectivity index (χ1) is 12.1. The Kier molecular flexibility index (Phi) is 4.92. The van der Waals surface area contributed by atoms with E-state index in [1.165, 1.54) is 11.3 Å². The first-order valence-electron chi connectivity index (χ1n) is 8.36. The lowest BCUT2D eigenvalue weighted by Crippen LogP contribution is -2.27. The van der Waals surface area contributed by atoms with Crippen LogP contribution < -0.4 is 5.32 Å². The number of aromatic nitrogens is 5. The molecule has 1 amide bonds. The van der Waals surface area contributed by atoms with E-state index in [0.717, 1.165) is 17.8 Å². The molecule has 0 radical (unpaired) electrons. The molecule has 7 heteroatoms. The maximum absolute atomic E-state index is 12.3. The zero-order valence-electron chi connectivity index (χ0n) is 14.7. The van der Waals surface area contributed by atoms with Crippen molar-refractivity contribution < 1.29 is 4.79 Å². The number of nitrogens with zero attached hydrogens (tertiary/aromatic N) is 5. The molecule has 2 aromatic heterocycles. The summed E-state index contributed by atoms with van der Waals surface area (Å²) in [7, 11) is 0. The van der Waals surface area contributed by atoms with Gasteiger partial charge in [-0.05, 0) is 50.1 Å². The van der Waals surface area contributed by atoms with Crippen molar-refractivity contribution in [3.63, 3.8) is 0 Å². The molecular formula is C18H22N6O. The van der Waals surface area contributed by atoms with Gasteiger partial charge in [-0.2, -0.15) is 5.10 Å². The highest BCUT2D eigenvalue weighted by molar-refractivity contribution is 5.94. The van der Waals surface area contributed by atoms with Crippen molar-refractivity contribution in [3.8, 4) is 5.69 Å². The third kappa shape index (κ3) is 3.60. The molecule has 0 atom stereocenters. The Balaban J connectivity index is 1.58. The quantitative estimate of drug-likeness (QED) is 0.746. The van der Waals surface area contributed by atoms with Crippen molar-refractivity contribution >= 4 is 5.91 Å². The summed E-state index contributed by atoms with van der Waals surface area (Å²) in [5.41, 5.74) is 5.06. The van der Waals surface area contributed by atoms with Gasteiger partial charge in [-0.25, -0.2) is 0 Å². The molecule has 0 saturated carbocycles. The van der Waals surface area contributed by atoms with Gasteiger partial charge in [0.2, 0.25) is 0 Å². The number of hydrogen-bond acceptors (Lipinski definition) is 4. The van der Waals surface area contributed by atoms with Crippen LogP contribution in [-0.2, 0) is 13.0 Å². The lowest BCUT2D eigenvalue weighted by molar-refractivity contribution is 0.0952. The van der Waals surface area contributed by atoms with Gasteiger partial charge in [-0.15, -0.1) is 10.2 Å². The van der Waals surface area contributed by atoms with Gasteiger partial charge < -0.3 is 5.32 Å². The molecule has 7 nitrogen and oxygen atoms in total. The number of nitrogens with one attached hydrogen (secondary N) is 1. The predicted octanol–water partition coefficient (Wildman–Crippen LogP) is 2.07. The Morgan fingerprint density at radius 3 is 2.40 bits per heavy atom. The van der Waals surface area contributed by atoms with Gasteiger partial charge in [0.15, 0.2) is 0 Å². The summed E-state index contributed by atoms with van der Waals surface area (Å²) in [5.74, 6) is -0.0902. The monoisotopic (exact) mass is 338 g/mol. The van der Waals surface area contributed by atoms with Crippen molar-refractivity contribution in [1.82, 2.24) is 29.9 Å². The molecule has 3 rings (SSSR count). The fourth-order valence-electron chi connectivity index (χ4n) is 2.96. The molecule has 0 aliphatic rings. The summed E-state index contributed by atoms with van der Waals surface area (Å²) in [6.45, 7) is 7.43. The summed E-state index contributed by atoms with van der Waals surface area (Å²) in [6, 6.07) is 7.33. The normalized spacial score (nSPS) is 10.8. The van der Waals surface area contributed by atoms with E-state index in [1.54, 1.807) is 29.4 Å². The van der Waals surface area contributed by atoms with E-state index in [-0.39, 0.29) is 5.91 Å². The Morgan fingerprint density at radius 1 is 1.12 bits per heavy atom. The van der Waals surface area contributed by atoms with Crippen LogP contribution in [0.3, 0.4) is 0 Å². The minimum Gasteiger partial charge on any atom is -0.350 e. The summed E-state index contributed by atoms with van der Waals surface area (Å²) in [4.78, 5) is 12.3. The average Bonchev–Trinajstić information content (AvgIpc) is 3.24. The number of benzene rings is 1. The third-order valence-corrected chi connectivity index (χ3v) is 4.34. The molecule has 0 aliphatic carbocycles. The second-order valence-electron chi connectivity index (χ2n) is 5.90. The molecule has 2 heterocycles. The number of carbonyl (C=O) groups excluding carboxylic acids is 1. The van der Waals surface area contributed by atoms with E-state index in [0.29, 0.717) is 18.7 Å². The first-order valence-corrected chi connectivity index (χ1v) is 8.36. The van der Waals surface area contributed by atoms with Crippen molar-refractivity contribution in [2.24, 2.45) is 0 Å². The Hall–Kier alpha value is -2.96. The van der Waals surface area contributed by atoms with E-state index in [4.69, 9.17) is 0 Å². The van der Waals surface area contributed by atoms with Crippen LogP contribution in [0.25, 0.3) is 5.69 Å². The number of amides is 1. The van der Waals surface area contributed by atoms with E-state index < -0.39 is 0 Å². The average molecular weight is 338 g/mol. The van der Waals surface area contributed by atoms with E-state index >= 15 is 0 Å². The van der Waals surface area contributed by atoms with Crippen LogP contribution in [-0.4, -0.2) is 37.0 Å². The lowest BCUT2D eigenvalue weighted by atomic mass is 10.1. The van der Waals surface area contributed by atoms with Gasteiger partial charge in [0.1, 0.15) is 12.7 Å². The molecule has 1 N–H and O–H groups in total. The zero-order valence-corrected chi connectivity index (χ0v) is 14.7. The second kappa shape index (κ2) is 7.29. The molecule has 25 heavy (non-hydrogen) atoms. The second-order valence-corrected chi connectivity index (χ2v) is 5.90. The molecule has 0 bridgehead atoms. The van der Waals surface area contributed by atoms with E-state index in [1.807, 2.05) is 23.7 Å². The Morgan fingerprint density at radius 2 is 1.80 bits per heavy atom. The SMILES string of the molecule is CCc1c(C)nn(CCNC(=O)c2ccc(-n3cnnc3)cc2)c1C.